The number of aromatic nitrogens is 1. The molecule has 2 unspecified atom stereocenters. The second kappa shape index (κ2) is 15.5. The minimum Gasteiger partial charge on any atom is -0.490 e. The number of carboxylic acid groups (broad SMARTS) is 2. The third kappa shape index (κ3) is 9.16. The van der Waals surface area contributed by atoms with Crippen molar-refractivity contribution in [1.29, 1.82) is 0 Å². The molecule has 0 saturated carbocycles. The lowest BCUT2D eigenvalue weighted by molar-refractivity contribution is -0.149. The lowest BCUT2D eigenvalue weighted by atomic mass is 10.1. The van der Waals surface area contributed by atoms with Gasteiger partial charge in [0.15, 0.2) is 0 Å². The summed E-state index contributed by atoms with van der Waals surface area (Å²) >= 11 is 0. The molecule has 3 rings (SSSR count). The van der Waals surface area contributed by atoms with Gasteiger partial charge < -0.3 is 40.6 Å². The van der Waals surface area contributed by atoms with E-state index in [9.17, 15) is 34.5 Å². The van der Waals surface area contributed by atoms with Crippen LogP contribution < -0.4 is 20.7 Å². The predicted octanol–water partition coefficient (Wildman–Crippen LogP) is 1.31. The predicted molar refractivity (Wildman–Crippen MR) is 156 cm³/mol. The third-order valence-corrected chi connectivity index (χ3v) is 7.21. The van der Waals surface area contributed by atoms with E-state index in [0.717, 1.165) is 5.52 Å². The van der Waals surface area contributed by atoms with Gasteiger partial charge in [0, 0.05) is 36.6 Å². The second-order valence-electron chi connectivity index (χ2n) is 11.0. The highest BCUT2D eigenvalue weighted by molar-refractivity contribution is 5.99. The molecule has 7 N–H and O–H groups in total. The Kier molecular flexibility index (Phi) is 12.1. The van der Waals surface area contributed by atoms with Crippen LogP contribution in [0.4, 0.5) is 0 Å². The molecule has 1 saturated heterocycles. The third-order valence-electron chi connectivity index (χ3n) is 7.21. The number of H-pyrrole nitrogens is 1. The molecule has 1 aliphatic heterocycles. The molecule has 2 heterocycles. The minimum atomic E-state index is -1.10. The second-order valence-corrected chi connectivity index (χ2v) is 11.0. The Bertz CT molecular complexity index is 1230. The Morgan fingerprint density at radius 3 is 2.60 bits per heavy atom. The summed E-state index contributed by atoms with van der Waals surface area (Å²) in [4.78, 5) is 53.0. The van der Waals surface area contributed by atoms with Crippen LogP contribution in [0.25, 0.3) is 10.9 Å². The molecule has 13 nitrogen and oxygen atoms in total. The molecule has 2 aromatic rings. The van der Waals surface area contributed by atoms with Crippen molar-refractivity contribution in [2.24, 2.45) is 0 Å². The molecule has 0 radical (unpaired) electrons. The quantitative estimate of drug-likeness (QED) is 0.132. The largest absolute Gasteiger partial charge is 0.490 e. The molecule has 13 heteroatoms. The number of carbonyl (C=O) groups excluding carboxylic acids is 2. The first-order valence-electron chi connectivity index (χ1n) is 14.4. The maximum Gasteiger partial charge on any atom is 0.326 e. The van der Waals surface area contributed by atoms with Gasteiger partial charge in [-0.25, -0.2) is 4.79 Å². The van der Waals surface area contributed by atoms with Gasteiger partial charge in [0.25, 0.3) is 5.91 Å². The number of carbonyl (C=O) groups is 4. The van der Waals surface area contributed by atoms with Crippen LogP contribution in [0, 0.1) is 0 Å². The molecule has 1 aliphatic rings. The monoisotopic (exact) mass is 589 g/mol. The van der Waals surface area contributed by atoms with E-state index in [1.807, 2.05) is 19.9 Å². The van der Waals surface area contributed by atoms with Crippen LogP contribution >= 0.6 is 0 Å². The van der Waals surface area contributed by atoms with E-state index in [2.05, 4.69) is 20.9 Å². The number of ether oxygens (including phenoxy) is 1. The number of likely N-dealkylation sites (tertiary alicyclic amines) is 1. The standard InChI is InChI=1S/C29H43N5O8/c1-17(2)31-15-19(35)16-42-25-11-6-9-21-20(25)14-23(33-21)26(36)30-12-5-4-8-22(28(38)39)32-18(3)27(37)34-13-7-10-24(34)29(40)41/h6,9,11,14,17-19,22,24,31-33,35H,4-5,7-8,10,12-13,15-16H2,1-3H3,(H,30,36)(H,38,39)(H,40,41)/t18-,19?,22?,24-/m0/s1. The summed E-state index contributed by atoms with van der Waals surface area (Å²) in [6.07, 6.45) is 1.53. The number of amides is 2. The zero-order valence-electron chi connectivity index (χ0n) is 24.4. The number of aliphatic hydroxyl groups is 1. The van der Waals surface area contributed by atoms with Crippen molar-refractivity contribution >= 4 is 34.7 Å². The number of aromatic amines is 1. The van der Waals surface area contributed by atoms with E-state index in [0.29, 0.717) is 62.1 Å². The van der Waals surface area contributed by atoms with Crippen LogP contribution in [0.3, 0.4) is 0 Å². The average Bonchev–Trinajstić information content (AvgIpc) is 3.61. The number of benzene rings is 1. The normalized spacial score (nSPS) is 17.3. The van der Waals surface area contributed by atoms with Crippen LogP contribution in [0.5, 0.6) is 5.75 Å². The smallest absolute Gasteiger partial charge is 0.326 e. The highest BCUT2D eigenvalue weighted by Crippen LogP contribution is 2.26. The number of aliphatic hydroxyl groups excluding tert-OH is 1. The van der Waals surface area contributed by atoms with Gasteiger partial charge in [-0.3, -0.25) is 19.7 Å². The fraction of sp³-hybridized carbons (Fsp3) is 0.586. The molecule has 2 amide bonds. The van der Waals surface area contributed by atoms with Gasteiger partial charge in [0.05, 0.1) is 6.04 Å². The van der Waals surface area contributed by atoms with Crippen molar-refractivity contribution in [3.63, 3.8) is 0 Å². The summed E-state index contributed by atoms with van der Waals surface area (Å²) in [6.45, 7) is 6.69. The van der Waals surface area contributed by atoms with E-state index in [4.69, 9.17) is 4.74 Å². The van der Waals surface area contributed by atoms with Crippen LogP contribution in [0.15, 0.2) is 24.3 Å². The Balaban J connectivity index is 1.45. The van der Waals surface area contributed by atoms with Crippen LogP contribution in [-0.2, 0) is 14.4 Å². The average molecular weight is 590 g/mol. The summed E-state index contributed by atoms with van der Waals surface area (Å²) in [7, 11) is 0. The number of hydrogen-bond acceptors (Lipinski definition) is 8. The van der Waals surface area contributed by atoms with Crippen molar-refractivity contribution in [3.8, 4) is 5.75 Å². The molecular weight excluding hydrogens is 546 g/mol. The first-order chi connectivity index (χ1) is 20.0. The molecule has 0 aliphatic carbocycles. The van der Waals surface area contributed by atoms with Gasteiger partial charge >= 0.3 is 11.9 Å². The molecule has 42 heavy (non-hydrogen) atoms. The Labute approximate surface area is 245 Å². The van der Waals surface area contributed by atoms with Crippen LogP contribution in [-0.4, -0.2) is 105 Å². The highest BCUT2D eigenvalue weighted by atomic mass is 16.5. The number of aliphatic carboxylic acids is 2. The summed E-state index contributed by atoms with van der Waals surface area (Å²) in [5.74, 6) is -2.35. The number of hydrogen-bond donors (Lipinski definition) is 7. The number of rotatable bonds is 17. The van der Waals surface area contributed by atoms with Crippen molar-refractivity contribution < 1.29 is 39.2 Å². The van der Waals surface area contributed by atoms with E-state index in [1.54, 1.807) is 25.1 Å². The van der Waals surface area contributed by atoms with E-state index >= 15 is 0 Å². The molecular formula is C29H43N5O8. The molecule has 1 aromatic carbocycles. The Morgan fingerprint density at radius 2 is 1.90 bits per heavy atom. The fourth-order valence-corrected chi connectivity index (χ4v) is 4.95. The maximum absolute atomic E-state index is 12.7. The summed E-state index contributed by atoms with van der Waals surface area (Å²) in [5.41, 5.74) is 1.07. The maximum atomic E-state index is 12.7. The number of fused-ring (bicyclic) bond motifs is 1. The van der Waals surface area contributed by atoms with Gasteiger partial charge in [0.2, 0.25) is 5.91 Å². The number of nitrogens with zero attached hydrogens (tertiary/aromatic N) is 1. The summed E-state index contributed by atoms with van der Waals surface area (Å²) in [5, 5.41) is 38.6. The Hall–Kier alpha value is -3.68. The first kappa shape index (κ1) is 32.8. The zero-order chi connectivity index (χ0) is 30.8. The minimum absolute atomic E-state index is 0.103. The lowest BCUT2D eigenvalue weighted by Crippen LogP contribution is -2.53. The van der Waals surface area contributed by atoms with Crippen molar-refractivity contribution in [2.45, 2.75) is 83.1 Å². The van der Waals surface area contributed by atoms with E-state index in [-0.39, 0.29) is 25.0 Å². The Morgan fingerprint density at radius 1 is 1.14 bits per heavy atom. The molecule has 4 atom stereocenters. The van der Waals surface area contributed by atoms with Crippen molar-refractivity contribution in [3.05, 3.63) is 30.0 Å². The zero-order valence-corrected chi connectivity index (χ0v) is 24.4. The highest BCUT2D eigenvalue weighted by Gasteiger charge is 2.36. The van der Waals surface area contributed by atoms with E-state index < -0.39 is 42.1 Å². The molecule has 232 valence electrons. The lowest BCUT2D eigenvalue weighted by Gasteiger charge is -2.27. The number of nitrogens with one attached hydrogen (secondary N) is 4. The first-order valence-corrected chi connectivity index (χ1v) is 14.4. The number of unbranched alkanes of at least 4 members (excludes halogenated alkanes) is 1. The molecule has 1 aromatic heterocycles. The topological polar surface area (TPSA) is 193 Å². The molecule has 0 spiro atoms. The summed E-state index contributed by atoms with van der Waals surface area (Å²) < 4.78 is 5.80. The fourth-order valence-electron chi connectivity index (χ4n) is 4.95. The SMILES string of the molecule is CC(C)NCC(O)COc1cccc2[nH]c(C(=O)NCCCCC(N[C@@H](C)C(=O)N3CCC[C@H]3C(=O)O)C(=O)O)cc12. The van der Waals surface area contributed by atoms with Gasteiger partial charge in [-0.05, 0) is 57.2 Å². The van der Waals surface area contributed by atoms with Crippen molar-refractivity contribution in [1.82, 2.24) is 25.8 Å². The van der Waals surface area contributed by atoms with Crippen LogP contribution in [0.2, 0.25) is 0 Å². The van der Waals surface area contributed by atoms with Gasteiger partial charge in [-0.1, -0.05) is 19.9 Å². The molecule has 1 fully saturated rings. The van der Waals surface area contributed by atoms with E-state index in [1.165, 1.54) is 4.90 Å². The summed E-state index contributed by atoms with van der Waals surface area (Å²) in [6, 6.07) is 4.62. The van der Waals surface area contributed by atoms with Gasteiger partial charge in [0.1, 0.15) is 36.2 Å². The number of carboxylic acids is 2. The van der Waals surface area contributed by atoms with Gasteiger partial charge in [-0.2, -0.15) is 0 Å². The van der Waals surface area contributed by atoms with Crippen molar-refractivity contribution in [2.75, 3.05) is 26.2 Å². The van der Waals surface area contributed by atoms with Gasteiger partial charge in [-0.15, -0.1) is 0 Å². The molecule has 0 bridgehead atoms. The van der Waals surface area contributed by atoms with Crippen LogP contribution in [0.1, 0.15) is 63.4 Å².